The molecule has 0 unspecified atom stereocenters. The van der Waals surface area contributed by atoms with Crippen molar-refractivity contribution in [2.45, 2.75) is 47.0 Å². The van der Waals surface area contributed by atoms with E-state index in [4.69, 9.17) is 0 Å². The van der Waals surface area contributed by atoms with E-state index in [-0.39, 0.29) is 5.91 Å². The number of carbonyl (C=O) groups is 1. The minimum Gasteiger partial charge on any atom is -0.353 e. The predicted molar refractivity (Wildman–Crippen MR) is 86.1 cm³/mol. The van der Waals surface area contributed by atoms with Gasteiger partial charge >= 0.3 is 0 Å². The van der Waals surface area contributed by atoms with Crippen molar-refractivity contribution in [2.24, 2.45) is 0 Å². The Labute approximate surface area is 119 Å². The predicted octanol–water partition coefficient (Wildman–Crippen LogP) is 4.56. The summed E-state index contributed by atoms with van der Waals surface area (Å²) < 4.78 is 0. The summed E-state index contributed by atoms with van der Waals surface area (Å²) in [5.74, 6) is 0.00353. The van der Waals surface area contributed by atoms with Gasteiger partial charge in [-0.3, -0.25) is 4.79 Å². The molecule has 1 N–H and O–H groups in total. The molecule has 0 aromatic rings. The van der Waals surface area contributed by atoms with E-state index in [0.29, 0.717) is 0 Å². The van der Waals surface area contributed by atoms with Crippen LogP contribution >= 0.6 is 0 Å². The molecule has 0 aliphatic rings. The summed E-state index contributed by atoms with van der Waals surface area (Å²) in [6, 6.07) is 0. The molecule has 0 saturated carbocycles. The summed E-state index contributed by atoms with van der Waals surface area (Å²) in [5, 5.41) is 2.80. The third-order valence-corrected chi connectivity index (χ3v) is 1.98. The Bertz CT molecular complexity index is 298. The lowest BCUT2D eigenvalue weighted by atomic mass is 10.2. The van der Waals surface area contributed by atoms with Crippen molar-refractivity contribution in [3.8, 4) is 0 Å². The van der Waals surface area contributed by atoms with Crippen molar-refractivity contribution in [3.63, 3.8) is 0 Å². The second-order valence-electron chi connectivity index (χ2n) is 3.61. The zero-order valence-corrected chi connectivity index (χ0v) is 12.9. The molecule has 0 aliphatic carbocycles. The van der Waals surface area contributed by atoms with Crippen molar-refractivity contribution in [2.75, 3.05) is 6.54 Å². The van der Waals surface area contributed by atoms with Gasteiger partial charge in [0.2, 0.25) is 5.91 Å². The average Bonchev–Trinajstić information content (AvgIpc) is 2.45. The van der Waals surface area contributed by atoms with Gasteiger partial charge < -0.3 is 5.32 Å². The molecule has 2 heteroatoms. The minimum atomic E-state index is 0.00353. The number of carbonyl (C=O) groups excluding carboxylic acids is 1. The van der Waals surface area contributed by atoms with Gasteiger partial charge in [-0.2, -0.15) is 0 Å². The van der Waals surface area contributed by atoms with Gasteiger partial charge in [-0.15, -0.1) is 0 Å². The minimum absolute atomic E-state index is 0.00353. The molecule has 108 valence electrons. The number of rotatable bonds is 8. The zero-order valence-electron chi connectivity index (χ0n) is 12.9. The highest BCUT2D eigenvalue weighted by Crippen LogP contribution is 1.93. The highest BCUT2D eigenvalue weighted by molar-refractivity contribution is 5.87. The van der Waals surface area contributed by atoms with Crippen LogP contribution in [0.2, 0.25) is 0 Å². The number of allylic oxidation sites excluding steroid dienone is 7. The van der Waals surface area contributed by atoms with Gasteiger partial charge in [0.1, 0.15) is 0 Å². The summed E-state index contributed by atoms with van der Waals surface area (Å²) >= 11 is 0. The Morgan fingerprint density at radius 1 is 1.00 bits per heavy atom. The van der Waals surface area contributed by atoms with Crippen LogP contribution in [0.25, 0.3) is 0 Å². The number of hydrogen-bond donors (Lipinski definition) is 1. The zero-order chi connectivity index (χ0) is 14.8. The van der Waals surface area contributed by atoms with Crippen molar-refractivity contribution in [3.05, 3.63) is 48.6 Å². The van der Waals surface area contributed by atoms with Crippen LogP contribution in [0.3, 0.4) is 0 Å². The Morgan fingerprint density at radius 2 is 1.63 bits per heavy atom. The first kappa shape index (κ1) is 19.8. The average molecular weight is 263 g/mol. The van der Waals surface area contributed by atoms with Crippen LogP contribution in [0.15, 0.2) is 48.6 Å². The van der Waals surface area contributed by atoms with Crippen LogP contribution in [0, 0.1) is 0 Å². The maximum Gasteiger partial charge on any atom is 0.243 e. The molecule has 0 saturated heterocycles. The Balaban J connectivity index is 0. The quantitative estimate of drug-likeness (QED) is 0.388. The topological polar surface area (TPSA) is 29.1 Å². The van der Waals surface area contributed by atoms with Gasteiger partial charge in [0.25, 0.3) is 0 Å². The Kier molecular flexibility index (Phi) is 19.5. The van der Waals surface area contributed by atoms with Crippen molar-refractivity contribution in [1.29, 1.82) is 0 Å². The molecule has 0 aliphatic heterocycles. The Morgan fingerprint density at radius 3 is 2.26 bits per heavy atom. The van der Waals surface area contributed by atoms with E-state index < -0.39 is 0 Å². The second-order valence-corrected chi connectivity index (χ2v) is 3.61. The lowest BCUT2D eigenvalue weighted by molar-refractivity contribution is -0.116. The van der Waals surface area contributed by atoms with Crippen LogP contribution < -0.4 is 5.32 Å². The molecule has 0 spiro atoms. The van der Waals surface area contributed by atoms with E-state index >= 15 is 0 Å². The molecule has 0 bridgehead atoms. The Hall–Kier alpha value is -1.57. The molecule has 0 heterocycles. The third kappa shape index (κ3) is 19.0. The van der Waals surface area contributed by atoms with E-state index in [1.165, 1.54) is 0 Å². The van der Waals surface area contributed by atoms with Gasteiger partial charge in [-0.25, -0.2) is 0 Å². The fraction of sp³-hybridized carbons (Fsp3) is 0.471. The van der Waals surface area contributed by atoms with E-state index in [9.17, 15) is 4.79 Å². The third-order valence-electron chi connectivity index (χ3n) is 1.98. The van der Waals surface area contributed by atoms with Crippen LogP contribution in [0.1, 0.15) is 47.0 Å². The fourth-order valence-electron chi connectivity index (χ4n) is 1.10. The summed E-state index contributed by atoms with van der Waals surface area (Å²) in [7, 11) is 0. The normalized spacial score (nSPS) is 11.4. The van der Waals surface area contributed by atoms with Gasteiger partial charge in [-0.05, 0) is 32.3 Å². The maximum atomic E-state index is 11.2. The van der Waals surface area contributed by atoms with Gasteiger partial charge in [0.15, 0.2) is 0 Å². The fourth-order valence-corrected chi connectivity index (χ4v) is 1.10. The molecule has 19 heavy (non-hydrogen) atoms. The van der Waals surface area contributed by atoms with E-state index in [0.717, 1.165) is 25.8 Å². The van der Waals surface area contributed by atoms with Crippen LogP contribution in [-0.2, 0) is 4.79 Å². The van der Waals surface area contributed by atoms with E-state index in [2.05, 4.69) is 11.4 Å². The number of amides is 1. The van der Waals surface area contributed by atoms with Crippen molar-refractivity contribution in [1.82, 2.24) is 5.32 Å². The van der Waals surface area contributed by atoms with Crippen molar-refractivity contribution >= 4 is 5.91 Å². The van der Waals surface area contributed by atoms with E-state index in [1.54, 1.807) is 6.08 Å². The lowest BCUT2D eigenvalue weighted by Crippen LogP contribution is -2.21. The van der Waals surface area contributed by atoms with Gasteiger partial charge in [-0.1, -0.05) is 63.3 Å². The molecular formula is C17H29NO. The van der Waals surface area contributed by atoms with Crippen molar-refractivity contribution < 1.29 is 4.79 Å². The summed E-state index contributed by atoms with van der Waals surface area (Å²) in [4.78, 5) is 11.2. The SMILES string of the molecule is C/C=C/C=C/C=C\CC/C=C/C(=O)NCCC.CC. The van der Waals surface area contributed by atoms with Crippen LogP contribution in [-0.4, -0.2) is 12.5 Å². The monoisotopic (exact) mass is 263 g/mol. The largest absolute Gasteiger partial charge is 0.353 e. The second kappa shape index (κ2) is 18.8. The molecule has 1 amide bonds. The van der Waals surface area contributed by atoms with Crippen LogP contribution in [0.4, 0.5) is 0 Å². The first-order valence-corrected chi connectivity index (χ1v) is 7.20. The highest BCUT2D eigenvalue weighted by Gasteiger charge is 1.90. The summed E-state index contributed by atoms with van der Waals surface area (Å²) in [5.41, 5.74) is 0. The lowest BCUT2D eigenvalue weighted by Gasteiger charge is -1.96. The molecule has 0 fully saturated rings. The molecule has 0 aromatic carbocycles. The standard InChI is InChI=1S/C15H23NO.C2H6/c1-3-5-6-7-8-9-10-11-12-13-15(17)16-14-4-2;1-2/h3,5-9,12-13H,4,10-11,14H2,1-2H3,(H,16,17);1-2H3/b5-3+,7-6+,9-8-,13-12+;. The molecule has 0 radical (unpaired) electrons. The maximum absolute atomic E-state index is 11.2. The first-order valence-electron chi connectivity index (χ1n) is 7.20. The molecular weight excluding hydrogens is 234 g/mol. The smallest absolute Gasteiger partial charge is 0.243 e. The number of nitrogens with one attached hydrogen (secondary N) is 1. The molecule has 0 aromatic heterocycles. The number of unbranched alkanes of at least 4 members (excludes halogenated alkanes) is 1. The molecule has 2 nitrogen and oxygen atoms in total. The highest BCUT2D eigenvalue weighted by atomic mass is 16.1. The molecule has 0 atom stereocenters. The number of hydrogen-bond acceptors (Lipinski definition) is 1. The van der Waals surface area contributed by atoms with Gasteiger partial charge in [0.05, 0.1) is 0 Å². The first-order chi connectivity index (χ1) is 9.31. The van der Waals surface area contributed by atoms with Gasteiger partial charge in [0, 0.05) is 6.54 Å². The van der Waals surface area contributed by atoms with E-state index in [1.807, 2.05) is 64.2 Å². The molecule has 0 rings (SSSR count). The van der Waals surface area contributed by atoms with Crippen LogP contribution in [0.5, 0.6) is 0 Å². The summed E-state index contributed by atoms with van der Waals surface area (Å²) in [6.45, 7) is 8.78. The summed E-state index contributed by atoms with van der Waals surface area (Å²) in [6.07, 6.45) is 18.4.